The van der Waals surface area contributed by atoms with E-state index in [4.69, 9.17) is 7.85 Å². The molecule has 7 heteroatoms. The molecule has 1 fully saturated rings. The summed E-state index contributed by atoms with van der Waals surface area (Å²) < 4.78 is 0. The van der Waals surface area contributed by atoms with E-state index >= 15 is 0 Å². The molecule has 1 aromatic carbocycles. The Kier molecular flexibility index (Phi) is 4.06. The SMILES string of the molecule is [B]c1ccc(NC2CCN(C)CC2O)c([N+](=O)[O-])c1. The van der Waals surface area contributed by atoms with E-state index in [1.54, 1.807) is 12.1 Å². The third kappa shape index (κ3) is 3.24. The minimum atomic E-state index is -0.545. The highest BCUT2D eigenvalue weighted by molar-refractivity contribution is 6.32. The molecule has 1 aliphatic heterocycles. The zero-order valence-electron chi connectivity index (χ0n) is 10.7. The van der Waals surface area contributed by atoms with Gasteiger partial charge in [0.1, 0.15) is 13.5 Å². The summed E-state index contributed by atoms with van der Waals surface area (Å²) in [5.74, 6) is 0. The number of piperidine rings is 1. The number of rotatable bonds is 3. The van der Waals surface area contributed by atoms with Gasteiger partial charge in [0, 0.05) is 12.6 Å². The Hall–Kier alpha value is -1.60. The van der Waals surface area contributed by atoms with Gasteiger partial charge in [0.25, 0.3) is 5.69 Å². The fraction of sp³-hybridized carbons (Fsp3) is 0.500. The van der Waals surface area contributed by atoms with Crippen molar-refractivity contribution in [3.05, 3.63) is 28.3 Å². The Morgan fingerprint density at radius 3 is 2.95 bits per heavy atom. The lowest BCUT2D eigenvalue weighted by molar-refractivity contribution is -0.383. The molecule has 0 saturated carbocycles. The second kappa shape index (κ2) is 5.58. The van der Waals surface area contributed by atoms with E-state index in [1.807, 2.05) is 11.9 Å². The predicted octanol–water partition coefficient (Wildman–Crippen LogP) is -0.135. The lowest BCUT2D eigenvalue weighted by Crippen LogP contribution is -2.48. The maximum atomic E-state index is 11.0. The van der Waals surface area contributed by atoms with Crippen molar-refractivity contribution < 1.29 is 10.0 Å². The summed E-state index contributed by atoms with van der Waals surface area (Å²) in [6.07, 6.45) is 0.190. The molecule has 0 spiro atoms. The van der Waals surface area contributed by atoms with Gasteiger partial charge in [-0.05, 0) is 26.1 Å². The highest BCUT2D eigenvalue weighted by atomic mass is 16.6. The van der Waals surface area contributed by atoms with Crippen LogP contribution in [-0.2, 0) is 0 Å². The first-order valence-electron chi connectivity index (χ1n) is 6.14. The van der Waals surface area contributed by atoms with Crippen LogP contribution >= 0.6 is 0 Å². The molecule has 6 nitrogen and oxygen atoms in total. The number of anilines is 1. The molecular formula is C12H16BN3O3. The lowest BCUT2D eigenvalue weighted by Gasteiger charge is -2.34. The molecule has 1 aromatic rings. The van der Waals surface area contributed by atoms with Crippen LogP contribution in [0, 0.1) is 10.1 Å². The number of hydrogen-bond acceptors (Lipinski definition) is 5. The monoisotopic (exact) mass is 261 g/mol. The number of nitro benzene ring substituents is 1. The Balaban J connectivity index is 2.17. The third-order valence-electron chi connectivity index (χ3n) is 3.34. The zero-order chi connectivity index (χ0) is 14.0. The molecule has 0 bridgehead atoms. The highest BCUT2D eigenvalue weighted by Gasteiger charge is 2.27. The van der Waals surface area contributed by atoms with Crippen molar-refractivity contribution in [2.45, 2.75) is 18.6 Å². The van der Waals surface area contributed by atoms with Crippen LogP contribution in [0.4, 0.5) is 11.4 Å². The molecule has 19 heavy (non-hydrogen) atoms. The molecule has 0 aromatic heterocycles. The summed E-state index contributed by atoms with van der Waals surface area (Å²) >= 11 is 0. The van der Waals surface area contributed by atoms with E-state index in [1.165, 1.54) is 6.07 Å². The topological polar surface area (TPSA) is 78.6 Å². The van der Waals surface area contributed by atoms with Gasteiger partial charge in [0.05, 0.1) is 17.1 Å². The quantitative estimate of drug-likeness (QED) is 0.450. The number of nitro groups is 1. The summed E-state index contributed by atoms with van der Waals surface area (Å²) in [5.41, 5.74) is 0.681. The number of aliphatic hydroxyl groups excluding tert-OH is 1. The van der Waals surface area contributed by atoms with Crippen LogP contribution in [0.15, 0.2) is 18.2 Å². The van der Waals surface area contributed by atoms with E-state index in [0.29, 0.717) is 17.7 Å². The fourth-order valence-corrected chi connectivity index (χ4v) is 2.28. The van der Waals surface area contributed by atoms with Gasteiger partial charge >= 0.3 is 0 Å². The van der Waals surface area contributed by atoms with Crippen LogP contribution in [0.5, 0.6) is 0 Å². The first-order valence-corrected chi connectivity index (χ1v) is 6.14. The maximum absolute atomic E-state index is 11.0. The third-order valence-corrected chi connectivity index (χ3v) is 3.34. The van der Waals surface area contributed by atoms with Crippen LogP contribution in [0.1, 0.15) is 6.42 Å². The second-order valence-corrected chi connectivity index (χ2v) is 4.90. The minimum Gasteiger partial charge on any atom is -0.390 e. The molecule has 1 heterocycles. The second-order valence-electron chi connectivity index (χ2n) is 4.90. The Morgan fingerprint density at radius 1 is 1.58 bits per heavy atom. The number of nitrogens with one attached hydrogen (secondary N) is 1. The van der Waals surface area contributed by atoms with Crippen LogP contribution < -0.4 is 10.8 Å². The molecule has 2 atom stereocenters. The molecular weight excluding hydrogens is 245 g/mol. The van der Waals surface area contributed by atoms with Gasteiger partial charge in [-0.3, -0.25) is 10.1 Å². The summed E-state index contributed by atoms with van der Waals surface area (Å²) in [6, 6.07) is 4.33. The van der Waals surface area contributed by atoms with Gasteiger partial charge in [0.15, 0.2) is 0 Å². The van der Waals surface area contributed by atoms with Crippen molar-refractivity contribution in [1.82, 2.24) is 4.90 Å². The summed E-state index contributed by atoms with van der Waals surface area (Å²) in [4.78, 5) is 12.5. The average molecular weight is 261 g/mol. The van der Waals surface area contributed by atoms with Gasteiger partial charge in [0.2, 0.25) is 0 Å². The number of hydrogen-bond donors (Lipinski definition) is 2. The molecule has 0 aliphatic carbocycles. The first-order chi connectivity index (χ1) is 8.97. The van der Waals surface area contributed by atoms with Crippen LogP contribution in [0.2, 0.25) is 0 Å². The standard InChI is InChI=1S/C12H16BN3O3/c1-15-5-4-10(12(17)7-15)14-9-3-2-8(13)6-11(9)16(18)19/h2-3,6,10,12,14,17H,4-5,7H2,1H3. The molecule has 1 saturated heterocycles. The normalized spacial score (nSPS) is 24.1. The molecule has 2 unspecified atom stereocenters. The van der Waals surface area contributed by atoms with E-state index in [9.17, 15) is 15.2 Å². The van der Waals surface area contributed by atoms with E-state index in [-0.39, 0.29) is 11.7 Å². The molecule has 0 amide bonds. The van der Waals surface area contributed by atoms with Crippen LogP contribution in [0.3, 0.4) is 0 Å². The lowest BCUT2D eigenvalue weighted by atomic mass is 9.95. The zero-order valence-corrected chi connectivity index (χ0v) is 10.7. The van der Waals surface area contributed by atoms with Crippen LogP contribution in [-0.4, -0.2) is 55.1 Å². The molecule has 2 rings (SSSR count). The number of benzene rings is 1. The van der Waals surface area contributed by atoms with Gasteiger partial charge in [-0.25, -0.2) is 0 Å². The number of likely N-dealkylation sites (N-methyl/N-ethyl adjacent to an activating group) is 1. The van der Waals surface area contributed by atoms with Crippen LogP contribution in [0.25, 0.3) is 0 Å². The molecule has 100 valence electrons. The van der Waals surface area contributed by atoms with Gasteiger partial charge < -0.3 is 15.3 Å². The Bertz CT molecular complexity index is 483. The van der Waals surface area contributed by atoms with E-state index < -0.39 is 11.0 Å². The predicted molar refractivity (Wildman–Crippen MR) is 74.0 cm³/mol. The van der Waals surface area contributed by atoms with Crippen molar-refractivity contribution in [2.24, 2.45) is 0 Å². The molecule has 2 radical (unpaired) electrons. The number of nitrogens with zero attached hydrogens (tertiary/aromatic N) is 2. The van der Waals surface area contributed by atoms with Gasteiger partial charge in [-0.15, -0.1) is 0 Å². The number of aliphatic hydroxyl groups is 1. The summed E-state index contributed by atoms with van der Waals surface area (Å²) in [5, 5.41) is 24.0. The van der Waals surface area contributed by atoms with Crippen molar-refractivity contribution >= 4 is 24.7 Å². The van der Waals surface area contributed by atoms with Gasteiger partial charge in [-0.2, -0.15) is 0 Å². The van der Waals surface area contributed by atoms with E-state index in [0.717, 1.165) is 13.0 Å². The van der Waals surface area contributed by atoms with Crippen molar-refractivity contribution in [1.29, 1.82) is 0 Å². The Morgan fingerprint density at radius 2 is 2.32 bits per heavy atom. The average Bonchev–Trinajstić information content (AvgIpc) is 2.34. The van der Waals surface area contributed by atoms with Crippen molar-refractivity contribution in [2.75, 3.05) is 25.5 Å². The Labute approximate surface area is 113 Å². The number of likely N-dealkylation sites (tertiary alicyclic amines) is 1. The smallest absolute Gasteiger partial charge is 0.291 e. The molecule has 2 N–H and O–H groups in total. The summed E-state index contributed by atoms with van der Waals surface area (Å²) in [6.45, 7) is 1.40. The summed E-state index contributed by atoms with van der Waals surface area (Å²) in [7, 11) is 7.49. The minimum absolute atomic E-state index is 0.0638. The van der Waals surface area contributed by atoms with Gasteiger partial charge in [-0.1, -0.05) is 11.5 Å². The van der Waals surface area contributed by atoms with Crippen molar-refractivity contribution in [3.8, 4) is 0 Å². The maximum Gasteiger partial charge on any atom is 0.291 e. The first kappa shape index (κ1) is 13.8. The highest BCUT2D eigenvalue weighted by Crippen LogP contribution is 2.25. The van der Waals surface area contributed by atoms with E-state index in [2.05, 4.69) is 5.32 Å². The largest absolute Gasteiger partial charge is 0.390 e. The fourth-order valence-electron chi connectivity index (χ4n) is 2.28. The number of β-amino-alcohol motifs (C(OH)–C–C–N with tert-alkyl or cyclic N) is 1. The van der Waals surface area contributed by atoms with Crippen molar-refractivity contribution in [3.63, 3.8) is 0 Å². The molecule has 1 aliphatic rings.